The molecule has 0 atom stereocenters. The summed E-state index contributed by atoms with van der Waals surface area (Å²) < 4.78 is 12.0. The van der Waals surface area contributed by atoms with Crippen LogP contribution in [0.1, 0.15) is 13.8 Å². The van der Waals surface area contributed by atoms with Crippen LogP contribution in [0.5, 0.6) is 0 Å². The van der Waals surface area contributed by atoms with Crippen molar-refractivity contribution in [1.29, 1.82) is 0 Å². The number of nitrogens with zero attached hydrogens (tertiary/aromatic N) is 6. The Bertz CT molecular complexity index is 1520. The summed E-state index contributed by atoms with van der Waals surface area (Å²) in [7, 11) is 0. The lowest BCUT2D eigenvalue weighted by molar-refractivity contribution is 0.582. The van der Waals surface area contributed by atoms with Crippen molar-refractivity contribution < 1.29 is 8.83 Å². The van der Waals surface area contributed by atoms with E-state index in [1.54, 1.807) is 12.4 Å². The van der Waals surface area contributed by atoms with Gasteiger partial charge in [0, 0.05) is 59.1 Å². The fourth-order valence-electron chi connectivity index (χ4n) is 4.16. The number of aromatic nitrogens is 4. The lowest BCUT2D eigenvalue weighted by atomic mass is 10.1. The summed E-state index contributed by atoms with van der Waals surface area (Å²) >= 11 is 0. The van der Waals surface area contributed by atoms with E-state index in [0.717, 1.165) is 46.7 Å². The van der Waals surface area contributed by atoms with E-state index in [0.29, 0.717) is 23.6 Å². The number of anilines is 2. The van der Waals surface area contributed by atoms with Gasteiger partial charge in [0.2, 0.25) is 23.6 Å². The van der Waals surface area contributed by atoms with Crippen LogP contribution in [-0.2, 0) is 0 Å². The molecule has 2 heterocycles. The SMILES string of the molecule is C=CN(C=C)c1ccc(-c2nnc(-c3cccc(-c4nnc(-c5ccc(N(CC)CC)cc5)o4)c3)o2)cc1. The third-order valence-electron chi connectivity index (χ3n) is 6.26. The molecule has 0 aliphatic heterocycles. The number of benzene rings is 3. The van der Waals surface area contributed by atoms with Crippen molar-refractivity contribution in [2.24, 2.45) is 0 Å². The van der Waals surface area contributed by atoms with Gasteiger partial charge in [0.05, 0.1) is 0 Å². The minimum atomic E-state index is 0.400. The first-order valence-corrected chi connectivity index (χ1v) is 12.4. The smallest absolute Gasteiger partial charge is 0.248 e. The number of rotatable bonds is 10. The highest BCUT2D eigenvalue weighted by atomic mass is 16.4. The molecule has 0 aliphatic carbocycles. The van der Waals surface area contributed by atoms with Crippen LogP contribution >= 0.6 is 0 Å². The number of hydrogen-bond donors (Lipinski definition) is 0. The Balaban J connectivity index is 1.35. The molecule has 38 heavy (non-hydrogen) atoms. The van der Waals surface area contributed by atoms with Gasteiger partial charge in [-0.3, -0.25) is 0 Å². The summed E-state index contributed by atoms with van der Waals surface area (Å²) in [5.41, 5.74) is 5.30. The Morgan fingerprint density at radius 2 is 1.03 bits per heavy atom. The van der Waals surface area contributed by atoms with E-state index in [1.807, 2.05) is 65.6 Å². The summed E-state index contributed by atoms with van der Waals surface area (Å²) in [5.74, 6) is 1.70. The molecular weight excluding hydrogens is 476 g/mol. The van der Waals surface area contributed by atoms with Gasteiger partial charge < -0.3 is 18.6 Å². The Hall–Kier alpha value is -4.98. The molecule has 2 aromatic heterocycles. The molecular formula is C30H28N6O2. The Kier molecular flexibility index (Phi) is 7.13. The van der Waals surface area contributed by atoms with Gasteiger partial charge >= 0.3 is 0 Å². The molecule has 0 spiro atoms. The average Bonchev–Trinajstić information content (AvgIpc) is 3.66. The van der Waals surface area contributed by atoms with Crippen LogP contribution in [0.15, 0.2) is 107 Å². The largest absolute Gasteiger partial charge is 0.416 e. The lowest BCUT2D eigenvalue weighted by Gasteiger charge is -2.20. The zero-order valence-corrected chi connectivity index (χ0v) is 21.4. The average molecular weight is 505 g/mol. The topological polar surface area (TPSA) is 84.3 Å². The van der Waals surface area contributed by atoms with E-state index in [2.05, 4.69) is 64.4 Å². The van der Waals surface area contributed by atoms with E-state index < -0.39 is 0 Å². The number of hydrogen-bond acceptors (Lipinski definition) is 8. The Morgan fingerprint density at radius 3 is 1.45 bits per heavy atom. The van der Waals surface area contributed by atoms with Gasteiger partial charge in [0.25, 0.3) is 0 Å². The van der Waals surface area contributed by atoms with Crippen molar-refractivity contribution in [3.05, 3.63) is 98.4 Å². The van der Waals surface area contributed by atoms with Crippen LogP contribution in [0.25, 0.3) is 45.8 Å². The highest BCUT2D eigenvalue weighted by Crippen LogP contribution is 2.30. The Morgan fingerprint density at radius 1 is 0.605 bits per heavy atom. The minimum absolute atomic E-state index is 0.400. The summed E-state index contributed by atoms with van der Waals surface area (Å²) in [5, 5.41) is 17.0. The maximum atomic E-state index is 6.00. The van der Waals surface area contributed by atoms with Crippen LogP contribution in [0.4, 0.5) is 11.4 Å². The fraction of sp³-hybridized carbons (Fsp3) is 0.133. The van der Waals surface area contributed by atoms with Crippen LogP contribution in [0.3, 0.4) is 0 Å². The first-order chi connectivity index (χ1) is 18.6. The van der Waals surface area contributed by atoms with Gasteiger partial charge in [-0.15, -0.1) is 20.4 Å². The van der Waals surface area contributed by atoms with Crippen molar-refractivity contribution in [2.45, 2.75) is 13.8 Å². The minimum Gasteiger partial charge on any atom is -0.416 e. The van der Waals surface area contributed by atoms with E-state index >= 15 is 0 Å². The molecule has 0 radical (unpaired) electrons. The molecule has 8 heteroatoms. The highest BCUT2D eigenvalue weighted by molar-refractivity contribution is 5.67. The molecule has 0 fully saturated rings. The first kappa shape index (κ1) is 24.7. The standard InChI is InChI=1S/C30H28N6O2/c1-5-35(6-2)25-16-12-21(13-17-25)27-31-33-29(37-27)23-10-9-11-24(20-23)30-34-32-28(38-30)22-14-18-26(19-15-22)36(7-3)8-4/h5-6,9-20H,1-2,7-8H2,3-4H3. The maximum Gasteiger partial charge on any atom is 0.248 e. The van der Waals surface area contributed by atoms with Gasteiger partial charge in [-0.05, 0) is 80.6 Å². The Labute approximate surface area is 221 Å². The van der Waals surface area contributed by atoms with Gasteiger partial charge in [-0.1, -0.05) is 19.2 Å². The van der Waals surface area contributed by atoms with Crippen molar-refractivity contribution in [3.8, 4) is 45.8 Å². The second-order valence-electron chi connectivity index (χ2n) is 8.44. The van der Waals surface area contributed by atoms with Crippen molar-refractivity contribution >= 4 is 11.4 Å². The quantitative estimate of drug-likeness (QED) is 0.200. The normalized spacial score (nSPS) is 10.8. The molecule has 3 aromatic carbocycles. The fourth-order valence-corrected chi connectivity index (χ4v) is 4.16. The highest BCUT2D eigenvalue weighted by Gasteiger charge is 2.15. The van der Waals surface area contributed by atoms with Gasteiger partial charge in [-0.2, -0.15) is 0 Å². The molecule has 5 rings (SSSR count). The van der Waals surface area contributed by atoms with Gasteiger partial charge in [0.1, 0.15) is 0 Å². The van der Waals surface area contributed by atoms with E-state index in [1.165, 1.54) is 0 Å². The molecule has 0 aliphatic rings. The monoisotopic (exact) mass is 504 g/mol. The summed E-state index contributed by atoms with van der Waals surface area (Å²) in [6, 6.07) is 23.4. The van der Waals surface area contributed by atoms with Crippen molar-refractivity contribution in [2.75, 3.05) is 22.9 Å². The molecule has 0 unspecified atom stereocenters. The van der Waals surface area contributed by atoms with Crippen LogP contribution in [-0.4, -0.2) is 33.5 Å². The third-order valence-corrected chi connectivity index (χ3v) is 6.26. The van der Waals surface area contributed by atoms with Crippen molar-refractivity contribution in [1.82, 2.24) is 20.4 Å². The molecule has 8 nitrogen and oxygen atoms in total. The summed E-state index contributed by atoms with van der Waals surface area (Å²) in [6.45, 7) is 13.8. The maximum absolute atomic E-state index is 6.00. The molecule has 5 aromatic rings. The summed E-state index contributed by atoms with van der Waals surface area (Å²) in [6.07, 6.45) is 3.38. The lowest BCUT2D eigenvalue weighted by Crippen LogP contribution is -2.21. The molecule has 0 N–H and O–H groups in total. The predicted molar refractivity (Wildman–Crippen MR) is 150 cm³/mol. The predicted octanol–water partition coefficient (Wildman–Crippen LogP) is 7.06. The van der Waals surface area contributed by atoms with Crippen LogP contribution in [0.2, 0.25) is 0 Å². The van der Waals surface area contributed by atoms with Gasteiger partial charge in [0.15, 0.2) is 0 Å². The van der Waals surface area contributed by atoms with Crippen LogP contribution < -0.4 is 9.80 Å². The molecule has 0 amide bonds. The zero-order valence-electron chi connectivity index (χ0n) is 21.4. The van der Waals surface area contributed by atoms with Crippen molar-refractivity contribution in [3.63, 3.8) is 0 Å². The molecule has 190 valence electrons. The van der Waals surface area contributed by atoms with Gasteiger partial charge in [-0.25, -0.2) is 0 Å². The third kappa shape index (κ3) is 4.97. The molecule has 0 bridgehead atoms. The zero-order chi connectivity index (χ0) is 26.5. The first-order valence-electron chi connectivity index (χ1n) is 12.4. The summed E-state index contributed by atoms with van der Waals surface area (Å²) in [4.78, 5) is 4.10. The van der Waals surface area contributed by atoms with E-state index in [-0.39, 0.29) is 0 Å². The second-order valence-corrected chi connectivity index (χ2v) is 8.44. The molecule has 0 saturated heterocycles. The van der Waals surface area contributed by atoms with Crippen LogP contribution in [0, 0.1) is 0 Å². The van der Waals surface area contributed by atoms with E-state index in [4.69, 9.17) is 8.83 Å². The van der Waals surface area contributed by atoms with E-state index in [9.17, 15) is 0 Å². The molecule has 0 saturated carbocycles. The second kappa shape index (κ2) is 11.0.